The normalized spacial score (nSPS) is 14.8. The molecule has 9 heteroatoms. The summed E-state index contributed by atoms with van der Waals surface area (Å²) < 4.78 is 43.6. The van der Waals surface area contributed by atoms with E-state index in [1.54, 1.807) is 10.3 Å². The summed E-state index contributed by atoms with van der Waals surface area (Å²) in [4.78, 5) is 29.4. The highest BCUT2D eigenvalue weighted by Gasteiger charge is 2.34. The summed E-state index contributed by atoms with van der Waals surface area (Å²) in [5.41, 5.74) is -0.654. The average Bonchev–Trinajstić information content (AvgIpc) is 3.15. The van der Waals surface area contributed by atoms with Gasteiger partial charge in [-0.2, -0.15) is 13.2 Å². The predicted molar refractivity (Wildman–Crippen MR) is 84.5 cm³/mol. The maximum atomic E-state index is 12.9. The molecule has 0 atom stereocenters. The van der Waals surface area contributed by atoms with E-state index in [9.17, 15) is 22.8 Å². The third-order valence-corrected chi connectivity index (χ3v) is 4.50. The van der Waals surface area contributed by atoms with E-state index in [2.05, 4.69) is 4.98 Å². The van der Waals surface area contributed by atoms with Crippen molar-refractivity contribution < 1.29 is 27.5 Å². The van der Waals surface area contributed by atoms with Crippen molar-refractivity contribution in [2.45, 2.75) is 25.4 Å². The van der Waals surface area contributed by atoms with Crippen LogP contribution in [0.3, 0.4) is 0 Å². The van der Waals surface area contributed by atoms with Crippen molar-refractivity contribution >= 4 is 28.3 Å². The quantitative estimate of drug-likeness (QED) is 0.611. The zero-order valence-electron chi connectivity index (χ0n) is 12.9. The number of rotatable bonds is 4. The van der Waals surface area contributed by atoms with Gasteiger partial charge in [0.25, 0.3) is 0 Å². The lowest BCUT2D eigenvalue weighted by atomic mass is 10.2. The van der Waals surface area contributed by atoms with Crippen molar-refractivity contribution in [2.24, 2.45) is 0 Å². The molecular formula is C16H13F3N2O3S. The minimum atomic E-state index is -4.61. The van der Waals surface area contributed by atoms with Gasteiger partial charge in [0.15, 0.2) is 5.13 Å². The Bertz CT molecular complexity index is 804. The van der Waals surface area contributed by atoms with Gasteiger partial charge in [0, 0.05) is 18.3 Å². The number of carbonyl (C=O) groups is 2. The number of benzene rings is 1. The summed E-state index contributed by atoms with van der Waals surface area (Å²) in [6.45, 7) is 0.579. The Kier molecular flexibility index (Phi) is 4.76. The largest absolute Gasteiger partial charge is 0.426 e. The topological polar surface area (TPSA) is 59.5 Å². The molecule has 0 bridgehead atoms. The van der Waals surface area contributed by atoms with E-state index in [0.717, 1.165) is 18.6 Å². The molecule has 1 amide bonds. The minimum Gasteiger partial charge on any atom is -0.426 e. The van der Waals surface area contributed by atoms with Gasteiger partial charge in [0.05, 0.1) is 17.7 Å². The number of thiazole rings is 1. The summed E-state index contributed by atoms with van der Waals surface area (Å²) in [7, 11) is 0. The molecule has 5 nitrogen and oxygen atoms in total. The highest BCUT2D eigenvalue weighted by Crippen LogP contribution is 2.36. The Balaban J connectivity index is 1.68. The lowest BCUT2D eigenvalue weighted by molar-refractivity contribution is -0.142. The second-order valence-corrected chi connectivity index (χ2v) is 6.25. The molecular weight excluding hydrogens is 357 g/mol. The van der Waals surface area contributed by atoms with Crippen LogP contribution in [0, 0.1) is 0 Å². The molecule has 25 heavy (non-hydrogen) atoms. The number of halogens is 3. The van der Waals surface area contributed by atoms with Crippen LogP contribution in [-0.4, -0.2) is 23.4 Å². The Morgan fingerprint density at radius 1 is 1.32 bits per heavy atom. The summed E-state index contributed by atoms with van der Waals surface area (Å²) in [6.07, 6.45) is -3.67. The zero-order chi connectivity index (χ0) is 18.0. The molecule has 1 aliphatic rings. The van der Waals surface area contributed by atoms with E-state index in [0.29, 0.717) is 23.8 Å². The maximum Gasteiger partial charge on any atom is 0.419 e. The van der Waals surface area contributed by atoms with Crippen LogP contribution in [0.2, 0.25) is 0 Å². The van der Waals surface area contributed by atoms with E-state index in [4.69, 9.17) is 4.74 Å². The number of hydrogen-bond acceptors (Lipinski definition) is 5. The number of ether oxygens (including phenoxy) is 1. The molecule has 1 aliphatic heterocycles. The fourth-order valence-electron chi connectivity index (χ4n) is 2.45. The Morgan fingerprint density at radius 3 is 2.76 bits per heavy atom. The standard InChI is InChI=1S/C16H13F3N2O3S/c17-16(18,19)11-4-1-2-5-12(11)24-14(23)8-10-9-25-15(20-10)21-7-3-6-13(21)22/h1-2,4-5,9H,3,6-8H2. The van der Waals surface area contributed by atoms with Gasteiger partial charge >= 0.3 is 12.1 Å². The van der Waals surface area contributed by atoms with E-state index in [1.807, 2.05) is 0 Å². The number of carbonyl (C=O) groups excluding carboxylic acids is 2. The van der Waals surface area contributed by atoms with Crippen molar-refractivity contribution in [1.29, 1.82) is 0 Å². The lowest BCUT2D eigenvalue weighted by Gasteiger charge is -2.12. The van der Waals surface area contributed by atoms with Gasteiger partial charge in [-0.05, 0) is 18.6 Å². The Hall–Kier alpha value is -2.42. The van der Waals surface area contributed by atoms with Crippen molar-refractivity contribution in [3.05, 3.63) is 40.9 Å². The van der Waals surface area contributed by atoms with Gasteiger partial charge in [-0.25, -0.2) is 4.98 Å². The van der Waals surface area contributed by atoms with Crippen LogP contribution in [0.1, 0.15) is 24.1 Å². The molecule has 3 rings (SSSR count). The second kappa shape index (κ2) is 6.83. The fourth-order valence-corrected chi connectivity index (χ4v) is 3.32. The SMILES string of the molecule is O=C(Cc1csc(N2CCCC2=O)n1)Oc1ccccc1C(F)(F)F. The number of anilines is 1. The van der Waals surface area contributed by atoms with E-state index in [-0.39, 0.29) is 12.3 Å². The molecule has 0 spiro atoms. The molecule has 0 radical (unpaired) electrons. The third-order valence-electron chi connectivity index (χ3n) is 3.59. The van der Waals surface area contributed by atoms with Crippen LogP contribution in [0.25, 0.3) is 0 Å². The first-order valence-electron chi connectivity index (χ1n) is 7.46. The van der Waals surface area contributed by atoms with Gasteiger partial charge in [-0.15, -0.1) is 11.3 Å². The summed E-state index contributed by atoms with van der Waals surface area (Å²) in [5, 5.41) is 2.08. The molecule has 1 aromatic carbocycles. The number of nitrogens with zero attached hydrogens (tertiary/aromatic N) is 2. The van der Waals surface area contributed by atoms with Crippen molar-refractivity contribution in [3.63, 3.8) is 0 Å². The highest BCUT2D eigenvalue weighted by molar-refractivity contribution is 7.14. The number of hydrogen-bond donors (Lipinski definition) is 0. The summed E-state index contributed by atoms with van der Waals surface area (Å²) >= 11 is 1.21. The van der Waals surface area contributed by atoms with Crippen LogP contribution < -0.4 is 9.64 Å². The molecule has 2 aromatic rings. The molecule has 0 unspecified atom stereocenters. The molecule has 1 saturated heterocycles. The molecule has 0 saturated carbocycles. The number of para-hydroxylation sites is 1. The van der Waals surface area contributed by atoms with Crippen LogP contribution in [0.5, 0.6) is 5.75 Å². The van der Waals surface area contributed by atoms with Crippen LogP contribution >= 0.6 is 11.3 Å². The highest BCUT2D eigenvalue weighted by atomic mass is 32.1. The summed E-state index contributed by atoms with van der Waals surface area (Å²) in [5.74, 6) is -1.41. The smallest absolute Gasteiger partial charge is 0.419 e. The number of aromatic nitrogens is 1. The second-order valence-electron chi connectivity index (χ2n) is 5.42. The predicted octanol–water partition coefficient (Wildman–Crippen LogP) is 3.44. The molecule has 2 heterocycles. The van der Waals surface area contributed by atoms with Crippen molar-refractivity contribution in [3.8, 4) is 5.75 Å². The number of esters is 1. The fraction of sp³-hybridized carbons (Fsp3) is 0.312. The lowest BCUT2D eigenvalue weighted by Crippen LogP contribution is -2.23. The van der Waals surface area contributed by atoms with Crippen molar-refractivity contribution in [1.82, 2.24) is 4.98 Å². The van der Waals surface area contributed by atoms with Gasteiger partial charge in [0.2, 0.25) is 5.91 Å². The summed E-state index contributed by atoms with van der Waals surface area (Å²) in [6, 6.07) is 4.52. The van der Waals surface area contributed by atoms with Crippen LogP contribution in [0.15, 0.2) is 29.6 Å². The van der Waals surface area contributed by atoms with E-state index < -0.39 is 23.5 Å². The molecule has 1 aromatic heterocycles. The van der Waals surface area contributed by atoms with Crippen LogP contribution in [-0.2, 0) is 22.2 Å². The first-order valence-corrected chi connectivity index (χ1v) is 8.34. The average molecular weight is 370 g/mol. The van der Waals surface area contributed by atoms with Gasteiger partial charge in [-0.3, -0.25) is 14.5 Å². The Labute approximate surface area is 145 Å². The van der Waals surface area contributed by atoms with Crippen LogP contribution in [0.4, 0.5) is 18.3 Å². The van der Waals surface area contributed by atoms with Gasteiger partial charge in [-0.1, -0.05) is 12.1 Å². The number of alkyl halides is 3. The first kappa shape index (κ1) is 17.4. The van der Waals surface area contributed by atoms with Gasteiger partial charge in [0.1, 0.15) is 5.75 Å². The van der Waals surface area contributed by atoms with Crippen molar-refractivity contribution in [2.75, 3.05) is 11.4 Å². The van der Waals surface area contributed by atoms with E-state index in [1.165, 1.54) is 23.5 Å². The third kappa shape index (κ3) is 3.98. The van der Waals surface area contributed by atoms with Gasteiger partial charge < -0.3 is 4.74 Å². The van der Waals surface area contributed by atoms with E-state index >= 15 is 0 Å². The molecule has 0 N–H and O–H groups in total. The molecule has 132 valence electrons. The molecule has 0 aliphatic carbocycles. The first-order chi connectivity index (χ1) is 11.8. The maximum absolute atomic E-state index is 12.9. The minimum absolute atomic E-state index is 0.0254. The number of amides is 1. The monoisotopic (exact) mass is 370 g/mol. The Morgan fingerprint density at radius 2 is 2.08 bits per heavy atom. The molecule has 1 fully saturated rings. The zero-order valence-corrected chi connectivity index (χ0v) is 13.7.